The van der Waals surface area contributed by atoms with Gasteiger partial charge in [0, 0.05) is 5.41 Å². The van der Waals surface area contributed by atoms with Gasteiger partial charge in [-0.15, -0.1) is 12.4 Å². The molecule has 142 valence electrons. The molecule has 0 unspecified atom stereocenters. The van der Waals surface area contributed by atoms with Crippen LogP contribution < -0.4 is 0 Å². The summed E-state index contributed by atoms with van der Waals surface area (Å²) in [5, 5.41) is 0. The highest BCUT2D eigenvalue weighted by molar-refractivity contribution is 5.85. The molecular formula is C25H35Cl. The van der Waals surface area contributed by atoms with Crippen molar-refractivity contribution in [3.05, 3.63) is 59.7 Å². The van der Waals surface area contributed by atoms with Crippen LogP contribution in [0.1, 0.15) is 89.2 Å². The van der Waals surface area contributed by atoms with Crippen LogP contribution in [0.2, 0.25) is 0 Å². The smallest absolute Gasteiger partial charge is 0.0215 e. The first-order chi connectivity index (χ1) is 12.3. The van der Waals surface area contributed by atoms with Gasteiger partial charge in [-0.05, 0) is 35.1 Å². The summed E-state index contributed by atoms with van der Waals surface area (Å²) in [4.78, 5) is 0. The molecule has 1 aliphatic rings. The van der Waals surface area contributed by atoms with Crippen LogP contribution in [0.5, 0.6) is 0 Å². The lowest BCUT2D eigenvalue weighted by Gasteiger charge is -2.33. The summed E-state index contributed by atoms with van der Waals surface area (Å²) in [6.45, 7) is 4.61. The summed E-state index contributed by atoms with van der Waals surface area (Å²) in [6, 6.07) is 18.4. The fourth-order valence-electron chi connectivity index (χ4n) is 4.79. The summed E-state index contributed by atoms with van der Waals surface area (Å²) in [5.74, 6) is 0. The maximum absolute atomic E-state index is 2.41. The Hall–Kier alpha value is -1.27. The third-order valence-corrected chi connectivity index (χ3v) is 6.09. The van der Waals surface area contributed by atoms with E-state index < -0.39 is 0 Å². The maximum atomic E-state index is 2.41. The first kappa shape index (κ1) is 21.0. The van der Waals surface area contributed by atoms with Crippen LogP contribution in [-0.4, -0.2) is 0 Å². The molecule has 0 saturated carbocycles. The third-order valence-electron chi connectivity index (χ3n) is 6.09. The molecule has 26 heavy (non-hydrogen) atoms. The van der Waals surface area contributed by atoms with Gasteiger partial charge in [-0.25, -0.2) is 0 Å². The van der Waals surface area contributed by atoms with Gasteiger partial charge >= 0.3 is 0 Å². The molecule has 0 atom stereocenters. The summed E-state index contributed by atoms with van der Waals surface area (Å²) in [6.07, 6.45) is 13.4. The van der Waals surface area contributed by atoms with E-state index >= 15 is 0 Å². The van der Waals surface area contributed by atoms with Gasteiger partial charge < -0.3 is 0 Å². The van der Waals surface area contributed by atoms with Crippen LogP contribution in [0.3, 0.4) is 0 Å². The SMILES string of the molecule is CCCCCCC1(CCCCCC)c2ccccc2-c2ccccc21.Cl. The standard InChI is InChI=1S/C25H34.ClH/c1-3-5-7-13-19-25(20-14-8-6-4-2)23-17-11-9-15-21(23)22-16-10-12-18-24(22)25;/h9-12,15-18H,3-8,13-14,19-20H2,1-2H3;1H. The molecule has 0 amide bonds. The van der Waals surface area contributed by atoms with Crippen molar-refractivity contribution in [3.63, 3.8) is 0 Å². The second-order valence-electron chi connectivity index (χ2n) is 7.79. The van der Waals surface area contributed by atoms with Crippen LogP contribution in [0, 0.1) is 0 Å². The molecule has 0 heterocycles. The molecule has 0 bridgehead atoms. The van der Waals surface area contributed by atoms with E-state index in [1.807, 2.05) is 0 Å². The number of halogens is 1. The molecule has 1 heteroatoms. The summed E-state index contributed by atoms with van der Waals surface area (Å²) >= 11 is 0. The highest BCUT2D eigenvalue weighted by Crippen LogP contribution is 2.53. The van der Waals surface area contributed by atoms with E-state index in [-0.39, 0.29) is 17.8 Å². The average molecular weight is 371 g/mol. The predicted octanol–water partition coefficient (Wildman–Crippen LogP) is 8.32. The Bertz CT molecular complexity index is 614. The molecule has 2 aromatic carbocycles. The lowest BCUT2D eigenvalue weighted by Crippen LogP contribution is -2.25. The Morgan fingerprint density at radius 1 is 0.577 bits per heavy atom. The van der Waals surface area contributed by atoms with E-state index in [1.54, 1.807) is 11.1 Å². The predicted molar refractivity (Wildman–Crippen MR) is 117 cm³/mol. The second kappa shape index (κ2) is 10.2. The van der Waals surface area contributed by atoms with Crippen molar-refractivity contribution in [1.29, 1.82) is 0 Å². The lowest BCUT2D eigenvalue weighted by molar-refractivity contribution is 0.401. The van der Waals surface area contributed by atoms with Crippen molar-refractivity contribution in [2.75, 3.05) is 0 Å². The van der Waals surface area contributed by atoms with E-state index in [4.69, 9.17) is 0 Å². The molecule has 0 saturated heterocycles. The van der Waals surface area contributed by atoms with Crippen molar-refractivity contribution < 1.29 is 0 Å². The van der Waals surface area contributed by atoms with E-state index in [0.29, 0.717) is 0 Å². The van der Waals surface area contributed by atoms with E-state index in [0.717, 1.165) is 0 Å². The monoisotopic (exact) mass is 370 g/mol. The van der Waals surface area contributed by atoms with Crippen LogP contribution in [0.15, 0.2) is 48.5 Å². The zero-order chi connectivity index (χ0) is 17.5. The van der Waals surface area contributed by atoms with Crippen LogP contribution in [-0.2, 0) is 5.41 Å². The second-order valence-corrected chi connectivity index (χ2v) is 7.79. The van der Waals surface area contributed by atoms with Crippen molar-refractivity contribution in [2.45, 2.75) is 83.5 Å². The molecule has 1 aliphatic carbocycles. The van der Waals surface area contributed by atoms with Gasteiger partial charge in [0.2, 0.25) is 0 Å². The molecule has 0 nitrogen and oxygen atoms in total. The molecule has 0 aromatic heterocycles. The Labute approximate surface area is 166 Å². The summed E-state index contributed by atoms with van der Waals surface area (Å²) < 4.78 is 0. The molecule has 0 spiro atoms. The Balaban J connectivity index is 0.00000243. The normalized spacial score (nSPS) is 13.8. The third kappa shape index (κ3) is 4.17. The fourth-order valence-corrected chi connectivity index (χ4v) is 4.79. The van der Waals surface area contributed by atoms with E-state index in [9.17, 15) is 0 Å². The van der Waals surface area contributed by atoms with Gasteiger partial charge in [0.1, 0.15) is 0 Å². The molecule has 0 fully saturated rings. The quantitative estimate of drug-likeness (QED) is 0.369. The number of fused-ring (bicyclic) bond motifs is 3. The van der Waals surface area contributed by atoms with Gasteiger partial charge in [0.15, 0.2) is 0 Å². The molecule has 3 rings (SSSR count). The van der Waals surface area contributed by atoms with Crippen molar-refractivity contribution in [1.82, 2.24) is 0 Å². The Morgan fingerprint density at radius 2 is 1.00 bits per heavy atom. The number of unbranched alkanes of at least 4 members (excludes halogenated alkanes) is 6. The lowest BCUT2D eigenvalue weighted by atomic mass is 9.70. The molecule has 0 radical (unpaired) electrons. The minimum atomic E-state index is 0. The van der Waals surface area contributed by atoms with Gasteiger partial charge in [-0.1, -0.05) is 114 Å². The minimum absolute atomic E-state index is 0. The Morgan fingerprint density at radius 3 is 1.42 bits per heavy atom. The molecular weight excluding hydrogens is 336 g/mol. The van der Waals surface area contributed by atoms with Crippen molar-refractivity contribution in [3.8, 4) is 11.1 Å². The first-order valence-electron chi connectivity index (χ1n) is 10.5. The highest BCUT2D eigenvalue weighted by Gasteiger charge is 2.41. The zero-order valence-corrected chi connectivity index (χ0v) is 17.4. The Kier molecular flexibility index (Phi) is 8.22. The highest BCUT2D eigenvalue weighted by atomic mass is 35.5. The van der Waals surface area contributed by atoms with Crippen LogP contribution in [0.4, 0.5) is 0 Å². The number of hydrogen-bond donors (Lipinski definition) is 0. The molecule has 2 aromatic rings. The van der Waals surface area contributed by atoms with E-state index in [1.165, 1.54) is 75.3 Å². The summed E-state index contributed by atoms with van der Waals surface area (Å²) in [7, 11) is 0. The largest absolute Gasteiger partial charge is 0.147 e. The number of hydrogen-bond acceptors (Lipinski definition) is 0. The van der Waals surface area contributed by atoms with Gasteiger partial charge in [-0.3, -0.25) is 0 Å². The van der Waals surface area contributed by atoms with Crippen molar-refractivity contribution in [2.24, 2.45) is 0 Å². The van der Waals surface area contributed by atoms with Crippen LogP contribution in [0.25, 0.3) is 11.1 Å². The van der Waals surface area contributed by atoms with Gasteiger partial charge in [0.25, 0.3) is 0 Å². The summed E-state index contributed by atoms with van der Waals surface area (Å²) in [5.41, 5.74) is 6.44. The minimum Gasteiger partial charge on any atom is -0.147 e. The molecule has 0 N–H and O–H groups in total. The first-order valence-corrected chi connectivity index (χ1v) is 10.5. The topological polar surface area (TPSA) is 0 Å². The van der Waals surface area contributed by atoms with Crippen molar-refractivity contribution >= 4 is 12.4 Å². The van der Waals surface area contributed by atoms with Crippen LogP contribution >= 0.6 is 12.4 Å². The molecule has 0 aliphatic heterocycles. The average Bonchev–Trinajstić information content (AvgIpc) is 2.94. The number of benzene rings is 2. The van der Waals surface area contributed by atoms with Gasteiger partial charge in [0.05, 0.1) is 0 Å². The maximum Gasteiger partial charge on any atom is 0.0215 e. The van der Waals surface area contributed by atoms with E-state index in [2.05, 4.69) is 62.4 Å². The zero-order valence-electron chi connectivity index (χ0n) is 16.6. The fraction of sp³-hybridized carbons (Fsp3) is 0.520. The van der Waals surface area contributed by atoms with Gasteiger partial charge in [-0.2, -0.15) is 0 Å². The number of rotatable bonds is 10.